The van der Waals surface area contributed by atoms with Crippen LogP contribution in [0.25, 0.3) is 16.9 Å². The zero-order valence-electron chi connectivity index (χ0n) is 14.1. The predicted octanol–water partition coefficient (Wildman–Crippen LogP) is 2.47. The number of imidazole rings is 1. The van der Waals surface area contributed by atoms with E-state index in [1.807, 2.05) is 48.1 Å². The number of aromatic nitrogens is 5. The van der Waals surface area contributed by atoms with Crippen molar-refractivity contribution in [2.45, 2.75) is 6.54 Å². The minimum absolute atomic E-state index is 0.280. The molecular weight excluding hydrogens is 332 g/mol. The second kappa shape index (κ2) is 5.76. The van der Waals surface area contributed by atoms with E-state index in [-0.39, 0.29) is 6.79 Å². The molecule has 0 fully saturated rings. The molecule has 1 aromatic carbocycles. The average molecular weight is 348 g/mol. The average Bonchev–Trinajstić information content (AvgIpc) is 3.38. The molecular formula is C18H16N6O2. The Morgan fingerprint density at radius 1 is 1.12 bits per heavy atom. The lowest BCUT2D eigenvalue weighted by Crippen LogP contribution is -2.04. The van der Waals surface area contributed by atoms with Gasteiger partial charge in [0.1, 0.15) is 5.82 Å². The Kier molecular flexibility index (Phi) is 3.27. The summed E-state index contributed by atoms with van der Waals surface area (Å²) in [6, 6.07) is 9.77. The third kappa shape index (κ3) is 2.52. The maximum Gasteiger partial charge on any atom is 0.231 e. The van der Waals surface area contributed by atoms with Gasteiger partial charge in [-0.1, -0.05) is 6.07 Å². The first-order valence-electron chi connectivity index (χ1n) is 8.22. The van der Waals surface area contributed by atoms with Crippen LogP contribution in [0.2, 0.25) is 0 Å². The summed E-state index contributed by atoms with van der Waals surface area (Å²) in [5.41, 5.74) is 3.76. The van der Waals surface area contributed by atoms with E-state index in [1.54, 1.807) is 17.1 Å². The summed E-state index contributed by atoms with van der Waals surface area (Å²) in [7, 11) is 1.89. The number of anilines is 1. The summed E-state index contributed by atoms with van der Waals surface area (Å²) < 4.78 is 14.3. The van der Waals surface area contributed by atoms with Gasteiger partial charge in [-0.2, -0.15) is 5.10 Å². The van der Waals surface area contributed by atoms with Gasteiger partial charge in [0.2, 0.25) is 6.79 Å². The number of ether oxygens (including phenoxy) is 2. The molecule has 4 aromatic rings. The predicted molar refractivity (Wildman–Crippen MR) is 95.1 cm³/mol. The van der Waals surface area contributed by atoms with Crippen LogP contribution in [0.5, 0.6) is 11.5 Å². The van der Waals surface area contributed by atoms with E-state index in [0.29, 0.717) is 6.54 Å². The fraction of sp³-hybridized carbons (Fsp3) is 0.167. The van der Waals surface area contributed by atoms with Gasteiger partial charge in [0, 0.05) is 25.4 Å². The first-order chi connectivity index (χ1) is 12.8. The van der Waals surface area contributed by atoms with Gasteiger partial charge >= 0.3 is 0 Å². The van der Waals surface area contributed by atoms with E-state index in [1.165, 1.54) is 0 Å². The van der Waals surface area contributed by atoms with Crippen LogP contribution in [0.4, 0.5) is 5.82 Å². The van der Waals surface area contributed by atoms with Crippen molar-refractivity contribution in [2.24, 2.45) is 7.05 Å². The maximum atomic E-state index is 5.42. The van der Waals surface area contributed by atoms with E-state index >= 15 is 0 Å². The fourth-order valence-electron chi connectivity index (χ4n) is 2.96. The molecule has 5 rings (SSSR count). The van der Waals surface area contributed by atoms with Crippen LogP contribution in [0.3, 0.4) is 0 Å². The standard InChI is InChI=1S/C18H16N6O2/c1-23-10-13(8-21-23)14-9-20-18-5-4-17(22-24(14)18)19-7-12-2-3-15-16(6-12)26-11-25-15/h2-6,8-10H,7,11H2,1H3,(H,19,22). The highest BCUT2D eigenvalue weighted by Gasteiger charge is 2.13. The Bertz CT molecular complexity index is 1100. The van der Waals surface area contributed by atoms with E-state index in [4.69, 9.17) is 9.47 Å². The third-order valence-electron chi connectivity index (χ3n) is 4.27. The van der Waals surface area contributed by atoms with Crippen LogP contribution in [-0.2, 0) is 13.6 Å². The summed E-state index contributed by atoms with van der Waals surface area (Å²) in [4.78, 5) is 4.41. The van der Waals surface area contributed by atoms with Crippen molar-refractivity contribution in [1.29, 1.82) is 0 Å². The van der Waals surface area contributed by atoms with E-state index in [0.717, 1.165) is 39.8 Å². The Morgan fingerprint density at radius 3 is 2.92 bits per heavy atom. The molecule has 1 aliphatic heterocycles. The molecule has 1 aliphatic rings. The van der Waals surface area contributed by atoms with Crippen molar-refractivity contribution in [3.8, 4) is 22.8 Å². The highest BCUT2D eigenvalue weighted by molar-refractivity contribution is 5.62. The topological polar surface area (TPSA) is 78.5 Å². The lowest BCUT2D eigenvalue weighted by Gasteiger charge is -2.07. The van der Waals surface area contributed by atoms with Crippen LogP contribution in [0.1, 0.15) is 5.56 Å². The molecule has 0 amide bonds. The summed E-state index contributed by atoms with van der Waals surface area (Å²) in [5.74, 6) is 2.33. The fourth-order valence-corrected chi connectivity index (χ4v) is 2.96. The highest BCUT2D eigenvalue weighted by Crippen LogP contribution is 2.32. The van der Waals surface area contributed by atoms with Gasteiger partial charge in [0.15, 0.2) is 17.1 Å². The quantitative estimate of drug-likeness (QED) is 0.610. The van der Waals surface area contributed by atoms with Crippen molar-refractivity contribution in [1.82, 2.24) is 24.4 Å². The number of benzene rings is 1. The Labute approximate surface area is 149 Å². The van der Waals surface area contributed by atoms with Crippen LogP contribution in [0, 0.1) is 0 Å². The molecule has 0 bridgehead atoms. The number of aryl methyl sites for hydroxylation is 1. The number of hydrogen-bond acceptors (Lipinski definition) is 6. The number of nitrogens with zero attached hydrogens (tertiary/aromatic N) is 5. The third-order valence-corrected chi connectivity index (χ3v) is 4.27. The number of hydrogen-bond donors (Lipinski definition) is 1. The Balaban J connectivity index is 1.41. The van der Waals surface area contributed by atoms with E-state index in [9.17, 15) is 0 Å². The SMILES string of the molecule is Cn1cc(-c2cnc3ccc(NCc4ccc5c(c4)OCO5)nn23)cn1. The van der Waals surface area contributed by atoms with Gasteiger partial charge < -0.3 is 14.8 Å². The zero-order valence-corrected chi connectivity index (χ0v) is 14.1. The molecule has 0 atom stereocenters. The van der Waals surface area contributed by atoms with Crippen molar-refractivity contribution >= 4 is 11.5 Å². The minimum atomic E-state index is 0.280. The Hall–Kier alpha value is -3.55. The molecule has 26 heavy (non-hydrogen) atoms. The summed E-state index contributed by atoms with van der Waals surface area (Å²) in [6.45, 7) is 0.911. The second-order valence-corrected chi connectivity index (χ2v) is 6.08. The van der Waals surface area contributed by atoms with Crippen molar-refractivity contribution in [3.05, 3.63) is 54.5 Å². The molecule has 0 unspecified atom stereocenters. The normalized spacial score (nSPS) is 12.7. The lowest BCUT2D eigenvalue weighted by molar-refractivity contribution is 0.174. The van der Waals surface area contributed by atoms with Crippen LogP contribution in [-0.4, -0.2) is 31.2 Å². The molecule has 8 nitrogen and oxygen atoms in total. The number of nitrogens with one attached hydrogen (secondary N) is 1. The number of rotatable bonds is 4. The summed E-state index contributed by atoms with van der Waals surface area (Å²) in [6.07, 6.45) is 5.55. The first-order valence-corrected chi connectivity index (χ1v) is 8.22. The molecule has 0 saturated heterocycles. The van der Waals surface area contributed by atoms with Crippen LogP contribution in [0.15, 0.2) is 48.9 Å². The smallest absolute Gasteiger partial charge is 0.231 e. The minimum Gasteiger partial charge on any atom is -0.454 e. The number of fused-ring (bicyclic) bond motifs is 2. The van der Waals surface area contributed by atoms with E-state index < -0.39 is 0 Å². The Morgan fingerprint density at radius 2 is 2.04 bits per heavy atom. The summed E-state index contributed by atoms with van der Waals surface area (Å²) in [5, 5.41) is 12.2. The molecule has 0 spiro atoms. The molecule has 0 aliphatic carbocycles. The monoisotopic (exact) mass is 348 g/mol. The molecule has 4 heterocycles. The van der Waals surface area contributed by atoms with Crippen molar-refractivity contribution in [2.75, 3.05) is 12.1 Å². The van der Waals surface area contributed by atoms with E-state index in [2.05, 4.69) is 20.5 Å². The maximum absolute atomic E-state index is 5.42. The van der Waals surface area contributed by atoms with Gasteiger partial charge in [-0.05, 0) is 29.8 Å². The largest absolute Gasteiger partial charge is 0.454 e. The van der Waals surface area contributed by atoms with Crippen molar-refractivity contribution < 1.29 is 9.47 Å². The second-order valence-electron chi connectivity index (χ2n) is 6.08. The molecule has 3 aromatic heterocycles. The van der Waals surface area contributed by atoms with Gasteiger partial charge in [0.25, 0.3) is 0 Å². The molecule has 0 saturated carbocycles. The lowest BCUT2D eigenvalue weighted by atomic mass is 10.2. The van der Waals surface area contributed by atoms with Crippen LogP contribution >= 0.6 is 0 Å². The van der Waals surface area contributed by atoms with Gasteiger partial charge in [-0.3, -0.25) is 4.68 Å². The molecule has 0 radical (unpaired) electrons. The highest BCUT2D eigenvalue weighted by atomic mass is 16.7. The van der Waals surface area contributed by atoms with Crippen LogP contribution < -0.4 is 14.8 Å². The first kappa shape index (κ1) is 14.8. The summed E-state index contributed by atoms with van der Waals surface area (Å²) >= 11 is 0. The molecule has 130 valence electrons. The molecule has 8 heteroatoms. The van der Waals surface area contributed by atoms with Gasteiger partial charge in [-0.15, -0.1) is 5.10 Å². The van der Waals surface area contributed by atoms with Gasteiger partial charge in [0.05, 0.1) is 18.1 Å². The van der Waals surface area contributed by atoms with Gasteiger partial charge in [-0.25, -0.2) is 9.50 Å². The van der Waals surface area contributed by atoms with Crippen molar-refractivity contribution in [3.63, 3.8) is 0 Å². The molecule has 1 N–H and O–H groups in total. The zero-order chi connectivity index (χ0) is 17.5.